The third-order valence-electron chi connectivity index (χ3n) is 0.973. The fourth-order valence-electron chi connectivity index (χ4n) is 0.534. The summed E-state index contributed by atoms with van der Waals surface area (Å²) in [5.41, 5.74) is 0. The fraction of sp³-hybridized carbons (Fsp3) is 0.333. The van der Waals surface area contributed by atoms with Crippen LogP contribution in [0.1, 0.15) is 0 Å². The smallest absolute Gasteiger partial charge is 0.272 e. The van der Waals surface area contributed by atoms with E-state index in [1.54, 1.807) is 0 Å². The molecule has 0 saturated carbocycles. The van der Waals surface area contributed by atoms with Crippen molar-refractivity contribution < 1.29 is 13.5 Å². The average molecular weight is 195 g/mol. The zero-order chi connectivity index (χ0) is 8.97. The van der Waals surface area contributed by atoms with Gasteiger partial charge < -0.3 is 4.74 Å². The molecule has 0 unspecified atom stereocenters. The third kappa shape index (κ3) is 2.96. The molecule has 0 amide bonds. The van der Waals surface area contributed by atoms with Crippen LogP contribution in [0.5, 0.6) is 5.75 Å². The molecule has 3 nitrogen and oxygen atoms in total. The van der Waals surface area contributed by atoms with Gasteiger partial charge in [0.15, 0.2) is 5.75 Å². The summed E-state index contributed by atoms with van der Waals surface area (Å²) in [6.45, 7) is -0.662. The van der Waals surface area contributed by atoms with Gasteiger partial charge in [0.2, 0.25) is 5.28 Å². The van der Waals surface area contributed by atoms with Crippen LogP contribution in [0.3, 0.4) is 0 Å². The highest BCUT2D eigenvalue weighted by Gasteiger charge is 2.03. The van der Waals surface area contributed by atoms with E-state index in [1.165, 1.54) is 12.4 Å². The van der Waals surface area contributed by atoms with E-state index >= 15 is 0 Å². The molecule has 1 rings (SSSR count). The van der Waals surface area contributed by atoms with E-state index in [0.717, 1.165) is 0 Å². The Morgan fingerprint density at radius 1 is 1.42 bits per heavy atom. The average Bonchev–Trinajstić information content (AvgIpc) is 2.03. The molecule has 12 heavy (non-hydrogen) atoms. The summed E-state index contributed by atoms with van der Waals surface area (Å²) < 4.78 is 27.8. The van der Waals surface area contributed by atoms with Gasteiger partial charge in [-0.1, -0.05) is 0 Å². The van der Waals surface area contributed by atoms with Crippen LogP contribution in [-0.4, -0.2) is 23.0 Å². The van der Waals surface area contributed by atoms with Gasteiger partial charge in [-0.05, 0) is 11.6 Å². The zero-order valence-corrected chi connectivity index (χ0v) is 6.63. The Labute approximate surface area is 72.3 Å². The molecular formula is C6H5ClF2N2O. The van der Waals surface area contributed by atoms with Gasteiger partial charge in [0, 0.05) is 0 Å². The Morgan fingerprint density at radius 2 is 2.00 bits per heavy atom. The summed E-state index contributed by atoms with van der Waals surface area (Å²) in [4.78, 5) is 7.08. The molecule has 0 radical (unpaired) electrons. The normalized spacial score (nSPS) is 10.3. The van der Waals surface area contributed by atoms with Gasteiger partial charge in [0.1, 0.15) is 6.61 Å². The number of nitrogens with zero attached hydrogens (tertiary/aromatic N) is 2. The van der Waals surface area contributed by atoms with Gasteiger partial charge >= 0.3 is 0 Å². The van der Waals surface area contributed by atoms with Gasteiger partial charge in [-0.15, -0.1) is 0 Å². The molecule has 0 aliphatic carbocycles. The molecule has 1 aromatic heterocycles. The Bertz CT molecular complexity index is 242. The van der Waals surface area contributed by atoms with Crippen LogP contribution in [0.4, 0.5) is 8.78 Å². The Balaban J connectivity index is 2.48. The Kier molecular flexibility index (Phi) is 3.16. The number of rotatable bonds is 3. The monoisotopic (exact) mass is 194 g/mol. The van der Waals surface area contributed by atoms with Crippen LogP contribution in [0.15, 0.2) is 12.4 Å². The number of aromatic nitrogens is 2. The maximum atomic E-state index is 11.6. The maximum Gasteiger partial charge on any atom is 0.272 e. The first-order valence-electron chi connectivity index (χ1n) is 3.07. The van der Waals surface area contributed by atoms with E-state index in [9.17, 15) is 8.78 Å². The summed E-state index contributed by atoms with van der Waals surface area (Å²) in [5, 5.41) is 0.0550. The summed E-state index contributed by atoms with van der Waals surface area (Å²) in [6.07, 6.45) is -0.0317. The standard InChI is InChI=1S/C6H5ClF2N2O/c7-6-10-1-4(2-11-6)12-3-5(8)9/h1-2,5H,3H2. The van der Waals surface area contributed by atoms with Gasteiger partial charge in [0.25, 0.3) is 6.43 Å². The van der Waals surface area contributed by atoms with E-state index in [4.69, 9.17) is 11.6 Å². The lowest BCUT2D eigenvalue weighted by Gasteiger charge is -2.02. The van der Waals surface area contributed by atoms with E-state index < -0.39 is 13.0 Å². The highest BCUT2D eigenvalue weighted by molar-refractivity contribution is 6.28. The van der Waals surface area contributed by atoms with Crippen molar-refractivity contribution >= 4 is 11.6 Å². The quantitative estimate of drug-likeness (QED) is 0.688. The van der Waals surface area contributed by atoms with Crippen LogP contribution in [-0.2, 0) is 0 Å². The van der Waals surface area contributed by atoms with Crippen LogP contribution in [0.2, 0.25) is 5.28 Å². The van der Waals surface area contributed by atoms with E-state index in [2.05, 4.69) is 14.7 Å². The second kappa shape index (κ2) is 4.15. The van der Waals surface area contributed by atoms with Gasteiger partial charge in [0.05, 0.1) is 12.4 Å². The molecule has 1 heterocycles. The van der Waals surface area contributed by atoms with Crippen molar-refractivity contribution in [3.8, 4) is 5.75 Å². The molecule has 6 heteroatoms. The lowest BCUT2D eigenvalue weighted by molar-refractivity contribution is 0.0815. The summed E-state index contributed by atoms with van der Waals surface area (Å²) in [6, 6.07) is 0. The minimum Gasteiger partial charge on any atom is -0.484 e. The van der Waals surface area contributed by atoms with Gasteiger partial charge in [-0.2, -0.15) is 0 Å². The van der Waals surface area contributed by atoms with Crippen LogP contribution in [0.25, 0.3) is 0 Å². The molecule has 0 aromatic carbocycles. The number of hydrogen-bond donors (Lipinski definition) is 0. The van der Waals surface area contributed by atoms with Crippen molar-refractivity contribution in [3.05, 3.63) is 17.7 Å². The predicted molar refractivity (Wildman–Crippen MR) is 38.5 cm³/mol. The SMILES string of the molecule is FC(F)COc1cnc(Cl)nc1. The molecule has 0 saturated heterocycles. The van der Waals surface area contributed by atoms with Crippen molar-refractivity contribution in [2.75, 3.05) is 6.61 Å². The summed E-state index contributed by atoms with van der Waals surface area (Å²) in [5.74, 6) is 0.180. The maximum absolute atomic E-state index is 11.6. The molecule has 0 fully saturated rings. The van der Waals surface area contributed by atoms with E-state index in [-0.39, 0.29) is 11.0 Å². The van der Waals surface area contributed by atoms with Gasteiger partial charge in [-0.3, -0.25) is 0 Å². The predicted octanol–water partition coefficient (Wildman–Crippen LogP) is 1.77. The number of ether oxygens (including phenoxy) is 1. The molecular weight excluding hydrogens is 190 g/mol. The molecule has 0 N–H and O–H groups in total. The largest absolute Gasteiger partial charge is 0.484 e. The highest BCUT2D eigenvalue weighted by atomic mass is 35.5. The van der Waals surface area contributed by atoms with Crippen molar-refractivity contribution in [1.82, 2.24) is 9.97 Å². The van der Waals surface area contributed by atoms with Crippen molar-refractivity contribution in [3.63, 3.8) is 0 Å². The fourth-order valence-corrected chi connectivity index (χ4v) is 0.632. The molecule has 66 valence electrons. The molecule has 0 bridgehead atoms. The number of alkyl halides is 2. The van der Waals surface area contributed by atoms with Crippen LogP contribution < -0.4 is 4.74 Å². The Hall–Kier alpha value is -0.970. The first-order valence-corrected chi connectivity index (χ1v) is 3.45. The molecule has 0 aliphatic heterocycles. The highest BCUT2D eigenvalue weighted by Crippen LogP contribution is 2.09. The number of halogens is 3. The van der Waals surface area contributed by atoms with Crippen LogP contribution >= 0.6 is 11.6 Å². The summed E-state index contributed by atoms with van der Waals surface area (Å²) in [7, 11) is 0. The first kappa shape index (κ1) is 9.12. The Morgan fingerprint density at radius 3 is 2.50 bits per heavy atom. The first-order chi connectivity index (χ1) is 5.68. The second-order valence-corrected chi connectivity index (χ2v) is 2.23. The lowest BCUT2D eigenvalue weighted by atomic mass is 10.6. The lowest BCUT2D eigenvalue weighted by Crippen LogP contribution is -2.07. The topological polar surface area (TPSA) is 35.0 Å². The van der Waals surface area contributed by atoms with Crippen molar-refractivity contribution in [1.29, 1.82) is 0 Å². The van der Waals surface area contributed by atoms with Gasteiger partial charge in [-0.25, -0.2) is 18.7 Å². The van der Waals surface area contributed by atoms with E-state index in [0.29, 0.717) is 0 Å². The zero-order valence-electron chi connectivity index (χ0n) is 5.88. The van der Waals surface area contributed by atoms with Crippen LogP contribution in [0, 0.1) is 0 Å². The molecule has 0 atom stereocenters. The minimum absolute atomic E-state index is 0.0550. The van der Waals surface area contributed by atoms with E-state index in [1.807, 2.05) is 0 Å². The molecule has 0 spiro atoms. The molecule has 1 aromatic rings. The van der Waals surface area contributed by atoms with Crippen molar-refractivity contribution in [2.45, 2.75) is 6.43 Å². The third-order valence-corrected chi connectivity index (χ3v) is 1.17. The van der Waals surface area contributed by atoms with Crippen molar-refractivity contribution in [2.24, 2.45) is 0 Å². The number of hydrogen-bond acceptors (Lipinski definition) is 3. The molecule has 0 aliphatic rings. The minimum atomic E-state index is -2.50. The second-order valence-electron chi connectivity index (χ2n) is 1.89. The summed E-state index contributed by atoms with van der Waals surface area (Å²) >= 11 is 5.35.